The van der Waals surface area contributed by atoms with Crippen molar-refractivity contribution in [2.45, 2.75) is 45.3 Å². The fourth-order valence-corrected chi connectivity index (χ4v) is 2.17. The Hall–Kier alpha value is -1.56. The number of ether oxygens (including phenoxy) is 1. The molecule has 106 valence electrons. The van der Waals surface area contributed by atoms with Crippen LogP contribution in [0.5, 0.6) is 0 Å². The molecule has 1 aromatic heterocycles. The Morgan fingerprint density at radius 3 is 2.58 bits per heavy atom. The molecule has 1 aliphatic rings. The van der Waals surface area contributed by atoms with E-state index in [4.69, 9.17) is 4.74 Å². The lowest BCUT2D eigenvalue weighted by molar-refractivity contribution is 0.0265. The van der Waals surface area contributed by atoms with Crippen LogP contribution in [0.3, 0.4) is 0 Å². The van der Waals surface area contributed by atoms with Crippen molar-refractivity contribution in [1.29, 1.82) is 0 Å². The van der Waals surface area contributed by atoms with Crippen molar-refractivity contribution >= 4 is 6.09 Å². The zero-order valence-corrected chi connectivity index (χ0v) is 11.8. The molecule has 1 N–H and O–H groups in total. The standard InChI is InChI=1S/C13H22N4O2/c1-13(2,3)19-12(18)15-16-9-5-11(6-10-16)17-8-4-7-14-17/h4,7-8,11H,5-6,9-10H2,1-3H3,(H,15,18). The second-order valence-corrected chi connectivity index (χ2v) is 5.82. The summed E-state index contributed by atoms with van der Waals surface area (Å²) in [4.78, 5) is 11.6. The number of rotatable bonds is 2. The molecule has 1 fully saturated rings. The van der Waals surface area contributed by atoms with Gasteiger partial charge in [-0.15, -0.1) is 0 Å². The van der Waals surface area contributed by atoms with Crippen molar-refractivity contribution in [1.82, 2.24) is 20.2 Å². The first kappa shape index (κ1) is 13.9. The summed E-state index contributed by atoms with van der Waals surface area (Å²) in [6, 6.07) is 2.36. The first-order valence-electron chi connectivity index (χ1n) is 6.68. The van der Waals surface area contributed by atoms with E-state index >= 15 is 0 Å². The van der Waals surface area contributed by atoms with Gasteiger partial charge >= 0.3 is 6.09 Å². The van der Waals surface area contributed by atoms with Crippen LogP contribution < -0.4 is 5.43 Å². The fourth-order valence-electron chi connectivity index (χ4n) is 2.17. The van der Waals surface area contributed by atoms with Crippen molar-refractivity contribution in [3.63, 3.8) is 0 Å². The van der Waals surface area contributed by atoms with Crippen LogP contribution in [0.4, 0.5) is 4.79 Å². The highest BCUT2D eigenvalue weighted by Crippen LogP contribution is 2.20. The lowest BCUT2D eigenvalue weighted by atomic mass is 10.1. The van der Waals surface area contributed by atoms with Crippen LogP contribution in [0.15, 0.2) is 18.5 Å². The monoisotopic (exact) mass is 266 g/mol. The lowest BCUT2D eigenvalue weighted by Crippen LogP contribution is -2.48. The quantitative estimate of drug-likeness (QED) is 0.889. The summed E-state index contributed by atoms with van der Waals surface area (Å²) in [5, 5.41) is 6.17. The van der Waals surface area contributed by atoms with Crippen molar-refractivity contribution in [3.8, 4) is 0 Å². The number of carbonyl (C=O) groups excluding carboxylic acids is 1. The summed E-state index contributed by atoms with van der Waals surface area (Å²) in [7, 11) is 0. The summed E-state index contributed by atoms with van der Waals surface area (Å²) in [6.45, 7) is 7.19. The number of hydrogen-bond donors (Lipinski definition) is 1. The normalized spacial score (nSPS) is 18.3. The maximum atomic E-state index is 11.6. The van der Waals surface area contributed by atoms with Gasteiger partial charge in [-0.3, -0.25) is 10.1 Å². The molecule has 0 spiro atoms. The van der Waals surface area contributed by atoms with Gasteiger partial charge in [-0.1, -0.05) is 0 Å². The minimum Gasteiger partial charge on any atom is -0.443 e. The van der Waals surface area contributed by atoms with E-state index < -0.39 is 5.60 Å². The zero-order valence-electron chi connectivity index (χ0n) is 11.8. The molecule has 2 heterocycles. The molecule has 1 aromatic rings. The summed E-state index contributed by atoms with van der Waals surface area (Å²) in [5.41, 5.74) is 2.32. The van der Waals surface area contributed by atoms with Crippen LogP contribution >= 0.6 is 0 Å². The smallest absolute Gasteiger partial charge is 0.422 e. The Labute approximate surface area is 113 Å². The molecule has 0 saturated carbocycles. The van der Waals surface area contributed by atoms with E-state index in [1.807, 2.05) is 42.7 Å². The molecule has 0 aromatic carbocycles. The Bertz CT molecular complexity index is 403. The van der Waals surface area contributed by atoms with Crippen molar-refractivity contribution in [2.75, 3.05) is 13.1 Å². The van der Waals surface area contributed by atoms with Crippen LogP contribution in [0.1, 0.15) is 39.7 Å². The maximum Gasteiger partial charge on any atom is 0.422 e. The summed E-state index contributed by atoms with van der Waals surface area (Å²) in [6.07, 6.45) is 5.34. The molecule has 0 radical (unpaired) electrons. The number of amides is 1. The van der Waals surface area contributed by atoms with E-state index in [9.17, 15) is 4.79 Å². The van der Waals surface area contributed by atoms with Gasteiger partial charge < -0.3 is 4.74 Å². The molecular formula is C13H22N4O2. The molecule has 0 aliphatic carbocycles. The van der Waals surface area contributed by atoms with Crippen LogP contribution in [-0.4, -0.2) is 39.6 Å². The number of carbonyl (C=O) groups is 1. The van der Waals surface area contributed by atoms with Gasteiger partial charge in [-0.25, -0.2) is 9.80 Å². The highest BCUT2D eigenvalue weighted by molar-refractivity contribution is 5.67. The number of nitrogens with zero attached hydrogens (tertiary/aromatic N) is 3. The average Bonchev–Trinajstić information content (AvgIpc) is 2.80. The van der Waals surface area contributed by atoms with Gasteiger partial charge in [0.15, 0.2) is 0 Å². The Morgan fingerprint density at radius 2 is 2.05 bits per heavy atom. The average molecular weight is 266 g/mol. The lowest BCUT2D eigenvalue weighted by Gasteiger charge is -2.32. The van der Waals surface area contributed by atoms with E-state index in [0.29, 0.717) is 6.04 Å². The predicted octanol–water partition coefficient (Wildman–Crippen LogP) is 1.96. The largest absolute Gasteiger partial charge is 0.443 e. The number of nitrogens with one attached hydrogen (secondary N) is 1. The van der Waals surface area contributed by atoms with E-state index in [2.05, 4.69) is 10.5 Å². The minimum atomic E-state index is -0.461. The minimum absolute atomic E-state index is 0.384. The van der Waals surface area contributed by atoms with E-state index in [1.165, 1.54) is 0 Å². The van der Waals surface area contributed by atoms with Crippen LogP contribution in [0, 0.1) is 0 Å². The highest BCUT2D eigenvalue weighted by Gasteiger charge is 2.23. The molecule has 6 heteroatoms. The Kier molecular flexibility index (Phi) is 4.09. The first-order chi connectivity index (χ1) is 8.94. The van der Waals surface area contributed by atoms with Gasteiger partial charge in [0.05, 0.1) is 6.04 Å². The van der Waals surface area contributed by atoms with Gasteiger partial charge in [0.2, 0.25) is 0 Å². The van der Waals surface area contributed by atoms with E-state index in [0.717, 1.165) is 25.9 Å². The third kappa shape index (κ3) is 4.24. The zero-order chi connectivity index (χ0) is 13.9. The van der Waals surface area contributed by atoms with Crippen molar-refractivity contribution in [3.05, 3.63) is 18.5 Å². The molecule has 1 amide bonds. The second kappa shape index (κ2) is 5.61. The number of aromatic nitrogens is 2. The van der Waals surface area contributed by atoms with E-state index in [-0.39, 0.29) is 6.09 Å². The Morgan fingerprint density at radius 1 is 1.37 bits per heavy atom. The maximum absolute atomic E-state index is 11.6. The van der Waals surface area contributed by atoms with Gasteiger partial charge in [-0.2, -0.15) is 5.10 Å². The second-order valence-electron chi connectivity index (χ2n) is 5.82. The van der Waals surface area contributed by atoms with Crippen molar-refractivity contribution < 1.29 is 9.53 Å². The Balaban J connectivity index is 1.76. The molecule has 0 unspecified atom stereocenters. The summed E-state index contributed by atoms with van der Waals surface area (Å²) >= 11 is 0. The summed E-state index contributed by atoms with van der Waals surface area (Å²) < 4.78 is 7.22. The van der Waals surface area contributed by atoms with Crippen LogP contribution in [0.25, 0.3) is 0 Å². The van der Waals surface area contributed by atoms with Crippen LogP contribution in [0.2, 0.25) is 0 Å². The molecular weight excluding hydrogens is 244 g/mol. The first-order valence-corrected chi connectivity index (χ1v) is 6.68. The van der Waals surface area contributed by atoms with Gasteiger partial charge in [-0.05, 0) is 39.7 Å². The molecule has 2 rings (SSSR count). The summed E-state index contributed by atoms with van der Waals surface area (Å²) in [5.74, 6) is 0. The van der Waals surface area contributed by atoms with Gasteiger partial charge in [0.25, 0.3) is 0 Å². The molecule has 6 nitrogen and oxygen atoms in total. The predicted molar refractivity (Wildman–Crippen MR) is 71.4 cm³/mol. The van der Waals surface area contributed by atoms with E-state index in [1.54, 1.807) is 6.20 Å². The topological polar surface area (TPSA) is 59.4 Å². The highest BCUT2D eigenvalue weighted by atomic mass is 16.6. The molecule has 0 bridgehead atoms. The third-order valence-corrected chi connectivity index (χ3v) is 3.01. The number of hydrogen-bond acceptors (Lipinski definition) is 4. The molecule has 1 saturated heterocycles. The molecule has 0 atom stereocenters. The van der Waals surface area contributed by atoms with Gasteiger partial charge in [0, 0.05) is 25.5 Å². The number of piperidine rings is 1. The molecule has 1 aliphatic heterocycles. The van der Waals surface area contributed by atoms with Gasteiger partial charge in [0.1, 0.15) is 5.60 Å². The third-order valence-electron chi connectivity index (χ3n) is 3.01. The van der Waals surface area contributed by atoms with Crippen molar-refractivity contribution in [2.24, 2.45) is 0 Å². The molecule has 19 heavy (non-hydrogen) atoms. The fraction of sp³-hybridized carbons (Fsp3) is 0.692. The number of hydrazine groups is 1. The SMILES string of the molecule is CC(C)(C)OC(=O)NN1CCC(n2cccn2)CC1. The van der Waals surface area contributed by atoms with Crippen LogP contribution in [-0.2, 0) is 4.74 Å².